The summed E-state index contributed by atoms with van der Waals surface area (Å²) in [4.78, 5) is 57.5. The van der Waals surface area contributed by atoms with Gasteiger partial charge in [0.25, 0.3) is 5.91 Å². The summed E-state index contributed by atoms with van der Waals surface area (Å²) in [6.45, 7) is 1.58. The molecule has 0 radical (unpaired) electrons. The highest BCUT2D eigenvalue weighted by atomic mass is 16.4. The molecule has 3 unspecified atom stereocenters. The van der Waals surface area contributed by atoms with Gasteiger partial charge in [0.2, 0.25) is 5.91 Å². The van der Waals surface area contributed by atoms with Crippen LogP contribution in [-0.2, 0) is 20.8 Å². The van der Waals surface area contributed by atoms with Crippen LogP contribution < -0.4 is 5.32 Å². The molecule has 0 saturated carbocycles. The number of hydrogen-bond donors (Lipinski definition) is 6. The topological polar surface area (TPSA) is 193 Å². The molecule has 36 heavy (non-hydrogen) atoms. The second kappa shape index (κ2) is 9.82. The summed E-state index contributed by atoms with van der Waals surface area (Å²) in [7, 11) is 0. The normalized spacial score (nSPS) is 17.3. The number of amides is 2. The summed E-state index contributed by atoms with van der Waals surface area (Å²) < 4.78 is 0. The standard InChI is InChI=1S/C24H26N4O8/c1-11(29)20(24(35)36)27-22(32)17-10-14-13-9-12(30)4-5-15(13)26-21(14)16(25-17)6-7-19(31)28-8-2-3-18(28)23(33)34/h4-5,9-11,18,20,26,29-30H,2-3,6-8H2,1H3,(H,27,32)(H,33,34)(H,35,36). The van der Waals surface area contributed by atoms with Crippen LogP contribution in [0.1, 0.15) is 42.4 Å². The van der Waals surface area contributed by atoms with E-state index >= 15 is 0 Å². The number of phenols is 1. The molecule has 6 N–H and O–H groups in total. The van der Waals surface area contributed by atoms with Crippen LogP contribution in [0.3, 0.4) is 0 Å². The minimum atomic E-state index is -1.56. The molecular formula is C24H26N4O8. The smallest absolute Gasteiger partial charge is 0.328 e. The van der Waals surface area contributed by atoms with Crippen molar-refractivity contribution in [1.29, 1.82) is 0 Å². The van der Waals surface area contributed by atoms with Gasteiger partial charge in [0, 0.05) is 35.7 Å². The first-order valence-corrected chi connectivity index (χ1v) is 11.4. The number of nitrogens with zero attached hydrogens (tertiary/aromatic N) is 2. The molecule has 2 aromatic heterocycles. The minimum absolute atomic E-state index is 0.00302. The Labute approximate surface area is 204 Å². The fourth-order valence-corrected chi connectivity index (χ4v) is 4.54. The minimum Gasteiger partial charge on any atom is -0.508 e. The molecule has 1 fully saturated rings. The highest BCUT2D eigenvalue weighted by molar-refractivity contribution is 6.10. The molecule has 4 rings (SSSR count). The largest absolute Gasteiger partial charge is 0.508 e. The lowest BCUT2D eigenvalue weighted by atomic mass is 10.1. The summed E-state index contributed by atoms with van der Waals surface area (Å²) >= 11 is 0. The maximum Gasteiger partial charge on any atom is 0.328 e. The molecule has 0 spiro atoms. The predicted octanol–water partition coefficient (Wildman–Crippen LogP) is 0.994. The number of H-pyrrole nitrogens is 1. The second-order valence-corrected chi connectivity index (χ2v) is 8.85. The van der Waals surface area contributed by atoms with E-state index in [9.17, 15) is 39.6 Å². The number of aromatic amines is 1. The van der Waals surface area contributed by atoms with Crippen LogP contribution >= 0.6 is 0 Å². The average molecular weight is 498 g/mol. The van der Waals surface area contributed by atoms with Crippen molar-refractivity contribution in [3.8, 4) is 5.75 Å². The number of hydrogen-bond acceptors (Lipinski definition) is 7. The van der Waals surface area contributed by atoms with Crippen LogP contribution in [0.2, 0.25) is 0 Å². The van der Waals surface area contributed by atoms with Gasteiger partial charge in [0.05, 0.1) is 17.3 Å². The number of aryl methyl sites for hydroxylation is 1. The van der Waals surface area contributed by atoms with Gasteiger partial charge >= 0.3 is 11.9 Å². The van der Waals surface area contributed by atoms with Gasteiger partial charge < -0.3 is 35.6 Å². The number of carboxylic acids is 2. The third kappa shape index (κ3) is 4.80. The van der Waals surface area contributed by atoms with Crippen LogP contribution in [0.15, 0.2) is 24.3 Å². The molecular weight excluding hydrogens is 472 g/mol. The Bertz CT molecular complexity index is 1370. The van der Waals surface area contributed by atoms with Gasteiger partial charge in [-0.2, -0.15) is 0 Å². The molecule has 3 aromatic rings. The average Bonchev–Trinajstić information content (AvgIpc) is 3.45. The van der Waals surface area contributed by atoms with Crippen molar-refractivity contribution in [1.82, 2.24) is 20.2 Å². The highest BCUT2D eigenvalue weighted by Crippen LogP contribution is 2.31. The summed E-state index contributed by atoms with van der Waals surface area (Å²) in [5.41, 5.74) is 1.39. The zero-order chi connectivity index (χ0) is 26.1. The fourth-order valence-electron chi connectivity index (χ4n) is 4.54. The van der Waals surface area contributed by atoms with Crippen molar-refractivity contribution in [2.75, 3.05) is 6.54 Å². The molecule has 1 saturated heterocycles. The molecule has 1 aliphatic heterocycles. The predicted molar refractivity (Wildman–Crippen MR) is 127 cm³/mol. The third-order valence-corrected chi connectivity index (χ3v) is 6.35. The molecule has 3 heterocycles. The Hall–Kier alpha value is -4.19. The van der Waals surface area contributed by atoms with Crippen LogP contribution in [0, 0.1) is 0 Å². The van der Waals surface area contributed by atoms with Gasteiger partial charge in [-0.05, 0) is 44.0 Å². The number of aromatic nitrogens is 2. The lowest BCUT2D eigenvalue weighted by Crippen LogP contribution is -2.47. The number of fused-ring (bicyclic) bond motifs is 3. The zero-order valence-electron chi connectivity index (χ0n) is 19.4. The summed E-state index contributed by atoms with van der Waals surface area (Å²) in [5, 5.41) is 41.7. The summed E-state index contributed by atoms with van der Waals surface area (Å²) in [6.07, 6.45) is -0.348. The number of rotatable bonds is 8. The van der Waals surface area contributed by atoms with Gasteiger partial charge in [-0.25, -0.2) is 14.6 Å². The first-order chi connectivity index (χ1) is 17.1. The van der Waals surface area contributed by atoms with Crippen molar-refractivity contribution in [3.05, 3.63) is 35.7 Å². The Kier molecular flexibility index (Phi) is 6.80. The number of phenolic OH excluding ortho intramolecular Hbond substituents is 1. The molecule has 12 nitrogen and oxygen atoms in total. The van der Waals surface area contributed by atoms with Crippen LogP contribution in [0.4, 0.5) is 0 Å². The molecule has 190 valence electrons. The number of aromatic hydroxyl groups is 1. The van der Waals surface area contributed by atoms with E-state index in [1.54, 1.807) is 6.07 Å². The maximum atomic E-state index is 12.9. The molecule has 2 amide bonds. The number of aliphatic hydroxyl groups excluding tert-OH is 1. The zero-order valence-corrected chi connectivity index (χ0v) is 19.4. The van der Waals surface area contributed by atoms with E-state index in [0.29, 0.717) is 46.9 Å². The number of carboxylic acid groups (broad SMARTS) is 2. The SMILES string of the molecule is CC(O)C(NC(=O)c1cc2c([nH]c3ccc(O)cc32)c(CCC(=O)N2CCCC2C(=O)O)n1)C(=O)O. The van der Waals surface area contributed by atoms with Crippen molar-refractivity contribution in [2.24, 2.45) is 0 Å². The Morgan fingerprint density at radius 2 is 1.94 bits per heavy atom. The number of benzene rings is 1. The van der Waals surface area contributed by atoms with E-state index in [-0.39, 0.29) is 30.2 Å². The van der Waals surface area contributed by atoms with Gasteiger partial charge in [-0.15, -0.1) is 0 Å². The molecule has 1 aromatic carbocycles. The van der Waals surface area contributed by atoms with Crippen molar-refractivity contribution >= 4 is 45.6 Å². The molecule has 1 aliphatic rings. The number of pyridine rings is 1. The number of carbonyl (C=O) groups excluding carboxylic acids is 2. The van der Waals surface area contributed by atoms with E-state index in [2.05, 4.69) is 15.3 Å². The molecule has 0 aliphatic carbocycles. The number of aliphatic hydroxyl groups is 1. The van der Waals surface area contributed by atoms with E-state index in [1.807, 2.05) is 0 Å². The molecule has 3 atom stereocenters. The number of nitrogens with one attached hydrogen (secondary N) is 2. The Morgan fingerprint density at radius 3 is 2.61 bits per heavy atom. The third-order valence-electron chi connectivity index (χ3n) is 6.35. The van der Waals surface area contributed by atoms with Crippen LogP contribution in [0.5, 0.6) is 5.75 Å². The van der Waals surface area contributed by atoms with E-state index < -0.39 is 36.0 Å². The maximum absolute atomic E-state index is 12.9. The van der Waals surface area contributed by atoms with Crippen molar-refractivity contribution < 1.29 is 39.6 Å². The van der Waals surface area contributed by atoms with Gasteiger partial charge in [-0.1, -0.05) is 0 Å². The van der Waals surface area contributed by atoms with Crippen LogP contribution in [0.25, 0.3) is 21.8 Å². The van der Waals surface area contributed by atoms with Crippen molar-refractivity contribution in [3.63, 3.8) is 0 Å². The second-order valence-electron chi connectivity index (χ2n) is 8.85. The lowest BCUT2D eigenvalue weighted by molar-refractivity contribution is -0.148. The summed E-state index contributed by atoms with van der Waals surface area (Å²) in [6, 6.07) is 3.65. The van der Waals surface area contributed by atoms with Crippen LogP contribution in [-0.4, -0.2) is 83.8 Å². The Morgan fingerprint density at radius 1 is 1.19 bits per heavy atom. The van der Waals surface area contributed by atoms with E-state index in [4.69, 9.17) is 0 Å². The first kappa shape index (κ1) is 24.9. The van der Waals surface area contributed by atoms with E-state index in [0.717, 1.165) is 0 Å². The Balaban J connectivity index is 1.70. The molecule has 0 bridgehead atoms. The fraction of sp³-hybridized carbons (Fsp3) is 0.375. The quantitative estimate of drug-likeness (QED) is 0.263. The van der Waals surface area contributed by atoms with Crippen molar-refractivity contribution in [2.45, 2.75) is 50.8 Å². The monoisotopic (exact) mass is 498 g/mol. The highest BCUT2D eigenvalue weighted by Gasteiger charge is 2.34. The summed E-state index contributed by atoms with van der Waals surface area (Å²) in [5.74, 6) is -3.66. The van der Waals surface area contributed by atoms with Gasteiger partial charge in [0.1, 0.15) is 17.5 Å². The number of aliphatic carboxylic acids is 2. The van der Waals surface area contributed by atoms with Gasteiger partial charge in [-0.3, -0.25) is 9.59 Å². The number of likely N-dealkylation sites (tertiary alicyclic amines) is 1. The van der Waals surface area contributed by atoms with Gasteiger partial charge in [0.15, 0.2) is 6.04 Å². The van der Waals surface area contributed by atoms with E-state index in [1.165, 1.54) is 30.0 Å². The molecule has 12 heteroatoms. The number of carbonyl (C=O) groups is 4. The lowest BCUT2D eigenvalue weighted by Gasteiger charge is -2.21. The first-order valence-electron chi connectivity index (χ1n) is 11.4.